The van der Waals surface area contributed by atoms with Gasteiger partial charge in [0, 0.05) is 12.0 Å². The monoisotopic (exact) mass is 286 g/mol. The second-order valence-corrected chi connectivity index (χ2v) is 5.38. The van der Waals surface area contributed by atoms with Crippen LogP contribution in [-0.2, 0) is 4.74 Å². The number of hydrogen-bond acceptors (Lipinski definition) is 2. The number of carbonyl (C=O) groups is 1. The fraction of sp³-hybridized carbons (Fsp3) is 0.0500. The maximum Gasteiger partial charge on any atom is 0.344 e. The molecule has 0 atom stereocenters. The van der Waals surface area contributed by atoms with Gasteiger partial charge in [0.05, 0.1) is 5.56 Å². The van der Waals surface area contributed by atoms with Gasteiger partial charge in [-0.25, -0.2) is 4.79 Å². The van der Waals surface area contributed by atoms with E-state index in [9.17, 15) is 4.79 Å². The van der Waals surface area contributed by atoms with Crippen LogP contribution in [0.5, 0.6) is 0 Å². The molecule has 0 spiro atoms. The molecule has 1 aliphatic heterocycles. The van der Waals surface area contributed by atoms with Gasteiger partial charge in [0.15, 0.2) is 0 Å². The molecule has 2 aliphatic rings. The number of benzene rings is 2. The zero-order valence-electron chi connectivity index (χ0n) is 12.0. The molecule has 22 heavy (non-hydrogen) atoms. The third-order valence-electron chi connectivity index (χ3n) is 4.00. The van der Waals surface area contributed by atoms with E-state index in [2.05, 4.69) is 18.2 Å². The first kappa shape index (κ1) is 12.8. The molecule has 0 bridgehead atoms. The first-order valence-electron chi connectivity index (χ1n) is 7.30. The molecule has 4 rings (SSSR count). The number of ether oxygens (including phenoxy) is 1. The van der Waals surface area contributed by atoms with E-state index in [0.717, 1.165) is 17.6 Å². The summed E-state index contributed by atoms with van der Waals surface area (Å²) in [6.07, 6.45) is 6.92. The number of hydrogen-bond donors (Lipinski definition) is 0. The molecule has 0 radical (unpaired) electrons. The maximum atomic E-state index is 12.0. The van der Waals surface area contributed by atoms with Gasteiger partial charge in [-0.05, 0) is 22.8 Å². The van der Waals surface area contributed by atoms with E-state index in [1.165, 1.54) is 11.1 Å². The van der Waals surface area contributed by atoms with Gasteiger partial charge >= 0.3 is 5.97 Å². The SMILES string of the molecule is O=C1OC(=C2C=CC=C(c3ccccc3)C2)c2ccccc21. The van der Waals surface area contributed by atoms with Gasteiger partial charge in [0.25, 0.3) is 0 Å². The molecule has 0 saturated heterocycles. The largest absolute Gasteiger partial charge is 0.422 e. The van der Waals surface area contributed by atoms with E-state index in [1.807, 2.05) is 54.6 Å². The second kappa shape index (κ2) is 5.15. The highest BCUT2D eigenvalue weighted by molar-refractivity contribution is 6.04. The Bertz CT molecular complexity index is 839. The Kier molecular flexibility index (Phi) is 3.01. The molecule has 0 N–H and O–H groups in total. The number of carbonyl (C=O) groups excluding carboxylic acids is 1. The van der Waals surface area contributed by atoms with Gasteiger partial charge in [0.2, 0.25) is 0 Å². The summed E-state index contributed by atoms with van der Waals surface area (Å²) in [5.41, 5.74) is 5.00. The maximum absolute atomic E-state index is 12.0. The summed E-state index contributed by atoms with van der Waals surface area (Å²) in [6.45, 7) is 0. The van der Waals surface area contributed by atoms with Gasteiger partial charge < -0.3 is 4.74 Å². The Morgan fingerprint density at radius 1 is 0.864 bits per heavy atom. The summed E-state index contributed by atoms with van der Waals surface area (Å²) in [5.74, 6) is 0.431. The Morgan fingerprint density at radius 2 is 1.59 bits per heavy atom. The highest BCUT2D eigenvalue weighted by Crippen LogP contribution is 2.37. The van der Waals surface area contributed by atoms with Crippen LogP contribution in [0.3, 0.4) is 0 Å². The molecule has 2 nitrogen and oxygen atoms in total. The van der Waals surface area contributed by atoms with E-state index in [-0.39, 0.29) is 5.97 Å². The Morgan fingerprint density at radius 3 is 2.41 bits per heavy atom. The fourth-order valence-corrected chi connectivity index (χ4v) is 2.91. The van der Waals surface area contributed by atoms with Gasteiger partial charge in [-0.1, -0.05) is 66.8 Å². The van der Waals surface area contributed by atoms with Crippen molar-refractivity contribution in [2.45, 2.75) is 6.42 Å². The zero-order chi connectivity index (χ0) is 14.9. The number of fused-ring (bicyclic) bond motifs is 1. The molecule has 2 heteroatoms. The molecule has 0 amide bonds. The molecule has 0 fully saturated rings. The van der Waals surface area contributed by atoms with Crippen LogP contribution in [0.2, 0.25) is 0 Å². The van der Waals surface area contributed by atoms with Crippen molar-refractivity contribution in [2.75, 3.05) is 0 Å². The van der Waals surface area contributed by atoms with Crippen molar-refractivity contribution in [3.63, 3.8) is 0 Å². The predicted molar refractivity (Wildman–Crippen MR) is 87.0 cm³/mol. The highest BCUT2D eigenvalue weighted by atomic mass is 16.5. The smallest absolute Gasteiger partial charge is 0.344 e. The molecular formula is C20H14O2. The normalized spacial score (nSPS) is 19.6. The van der Waals surface area contributed by atoms with E-state index in [0.29, 0.717) is 11.3 Å². The molecule has 2 aromatic rings. The number of rotatable bonds is 1. The van der Waals surface area contributed by atoms with Crippen LogP contribution in [0.1, 0.15) is 27.9 Å². The molecule has 0 unspecified atom stereocenters. The standard InChI is InChI=1S/C20H14O2/c21-20-18-12-5-4-11-17(18)19(22-20)16-10-6-9-15(13-16)14-7-2-1-3-8-14/h1-12H,13H2. The van der Waals surface area contributed by atoms with Crippen LogP contribution in [0.4, 0.5) is 0 Å². The van der Waals surface area contributed by atoms with Gasteiger partial charge in [-0.2, -0.15) is 0 Å². The third kappa shape index (κ3) is 2.09. The first-order valence-corrected chi connectivity index (χ1v) is 7.30. The van der Waals surface area contributed by atoms with Crippen molar-refractivity contribution in [3.8, 4) is 0 Å². The minimum atomic E-state index is -0.262. The average molecular weight is 286 g/mol. The lowest BCUT2D eigenvalue weighted by atomic mass is 9.92. The van der Waals surface area contributed by atoms with Crippen molar-refractivity contribution >= 4 is 17.3 Å². The molecule has 1 heterocycles. The lowest BCUT2D eigenvalue weighted by Crippen LogP contribution is -1.96. The second-order valence-electron chi connectivity index (χ2n) is 5.38. The van der Waals surface area contributed by atoms with E-state index >= 15 is 0 Å². The summed E-state index contributed by atoms with van der Waals surface area (Å²) in [4.78, 5) is 12.0. The van der Waals surface area contributed by atoms with E-state index in [4.69, 9.17) is 4.74 Å². The lowest BCUT2D eigenvalue weighted by Gasteiger charge is -2.14. The van der Waals surface area contributed by atoms with Crippen LogP contribution >= 0.6 is 0 Å². The van der Waals surface area contributed by atoms with Crippen LogP contribution in [-0.4, -0.2) is 5.97 Å². The summed E-state index contributed by atoms with van der Waals surface area (Å²) < 4.78 is 5.52. The predicted octanol–water partition coefficient (Wildman–Crippen LogP) is 4.61. The van der Waals surface area contributed by atoms with Crippen LogP contribution < -0.4 is 0 Å². The summed E-state index contributed by atoms with van der Waals surface area (Å²) >= 11 is 0. The Balaban J connectivity index is 1.75. The Hall–Kier alpha value is -2.87. The van der Waals surface area contributed by atoms with Gasteiger partial charge in [-0.15, -0.1) is 0 Å². The Labute approximate surface area is 129 Å². The minimum absolute atomic E-state index is 0.262. The quantitative estimate of drug-likeness (QED) is 0.715. The molecule has 0 saturated carbocycles. The molecule has 1 aliphatic carbocycles. The third-order valence-corrected chi connectivity index (χ3v) is 4.00. The minimum Gasteiger partial charge on any atom is -0.422 e. The van der Waals surface area contributed by atoms with Crippen molar-refractivity contribution in [1.82, 2.24) is 0 Å². The van der Waals surface area contributed by atoms with E-state index < -0.39 is 0 Å². The van der Waals surface area contributed by atoms with Crippen molar-refractivity contribution in [1.29, 1.82) is 0 Å². The topological polar surface area (TPSA) is 26.3 Å². The highest BCUT2D eigenvalue weighted by Gasteiger charge is 2.28. The van der Waals surface area contributed by atoms with Crippen LogP contribution in [0.25, 0.3) is 11.3 Å². The van der Waals surface area contributed by atoms with Crippen LogP contribution in [0, 0.1) is 0 Å². The summed E-state index contributed by atoms with van der Waals surface area (Å²) in [6, 6.07) is 17.8. The van der Waals surface area contributed by atoms with Crippen molar-refractivity contribution in [3.05, 3.63) is 95.1 Å². The molecule has 106 valence electrons. The van der Waals surface area contributed by atoms with Gasteiger partial charge in [0.1, 0.15) is 5.76 Å². The van der Waals surface area contributed by atoms with Crippen molar-refractivity contribution in [2.24, 2.45) is 0 Å². The zero-order valence-corrected chi connectivity index (χ0v) is 12.0. The first-order chi connectivity index (χ1) is 10.8. The molecular weight excluding hydrogens is 272 g/mol. The van der Waals surface area contributed by atoms with E-state index in [1.54, 1.807) is 0 Å². The molecule has 2 aromatic carbocycles. The number of allylic oxidation sites excluding steroid dienone is 5. The molecule has 0 aromatic heterocycles. The van der Waals surface area contributed by atoms with Gasteiger partial charge in [-0.3, -0.25) is 0 Å². The summed E-state index contributed by atoms with van der Waals surface area (Å²) in [7, 11) is 0. The van der Waals surface area contributed by atoms with Crippen LogP contribution in [0.15, 0.2) is 78.4 Å². The summed E-state index contributed by atoms with van der Waals surface area (Å²) in [5, 5.41) is 0. The number of esters is 1. The lowest BCUT2D eigenvalue weighted by molar-refractivity contribution is 0.0714. The number of cyclic esters (lactones) is 1. The fourth-order valence-electron chi connectivity index (χ4n) is 2.91. The average Bonchev–Trinajstić information content (AvgIpc) is 2.93. The van der Waals surface area contributed by atoms with Crippen molar-refractivity contribution < 1.29 is 9.53 Å².